The van der Waals surface area contributed by atoms with Gasteiger partial charge in [-0.05, 0) is 36.8 Å². The van der Waals surface area contributed by atoms with Gasteiger partial charge in [-0.3, -0.25) is 14.6 Å². The number of amides is 1. The fourth-order valence-corrected chi connectivity index (χ4v) is 3.08. The molecule has 1 N–H and O–H groups in total. The van der Waals surface area contributed by atoms with Crippen LogP contribution in [0.2, 0.25) is 0 Å². The topological polar surface area (TPSA) is 76.9 Å². The molecule has 4 aromatic rings. The highest BCUT2D eigenvalue weighted by Gasteiger charge is 2.19. The van der Waals surface area contributed by atoms with E-state index in [0.29, 0.717) is 16.5 Å². The number of hydrogen-bond donors (Lipinski definition) is 1. The first-order valence-electron chi connectivity index (χ1n) is 8.93. The first-order chi connectivity index (χ1) is 13.6. The lowest BCUT2D eigenvalue weighted by atomic mass is 10.1. The maximum absolute atomic E-state index is 13.0. The first-order valence-corrected chi connectivity index (χ1v) is 8.93. The number of pyridine rings is 1. The lowest BCUT2D eigenvalue weighted by Gasteiger charge is -2.15. The molecule has 1 unspecified atom stereocenters. The maximum atomic E-state index is 13.0. The molecule has 6 nitrogen and oxygen atoms in total. The van der Waals surface area contributed by atoms with Crippen molar-refractivity contribution in [1.82, 2.24) is 20.1 Å². The Kier molecular flexibility index (Phi) is 4.68. The number of fused-ring (bicyclic) bond motifs is 1. The summed E-state index contributed by atoms with van der Waals surface area (Å²) in [6.45, 7) is 1.88. The lowest BCUT2D eigenvalue weighted by Crippen LogP contribution is -2.31. The van der Waals surface area contributed by atoms with Gasteiger partial charge in [0, 0.05) is 17.8 Å². The zero-order valence-electron chi connectivity index (χ0n) is 15.2. The van der Waals surface area contributed by atoms with Crippen LogP contribution in [0.15, 0.2) is 83.9 Å². The second-order valence-electron chi connectivity index (χ2n) is 6.43. The van der Waals surface area contributed by atoms with Crippen LogP contribution in [-0.4, -0.2) is 20.7 Å². The number of para-hydroxylation sites is 1. The van der Waals surface area contributed by atoms with Gasteiger partial charge < -0.3 is 5.32 Å². The van der Waals surface area contributed by atoms with E-state index < -0.39 is 0 Å². The largest absolute Gasteiger partial charge is 0.344 e. The van der Waals surface area contributed by atoms with Gasteiger partial charge in [0.15, 0.2) is 5.69 Å². The average Bonchev–Trinajstić information content (AvgIpc) is 2.75. The molecule has 1 atom stereocenters. The smallest absolute Gasteiger partial charge is 0.279 e. The van der Waals surface area contributed by atoms with E-state index >= 15 is 0 Å². The molecule has 0 bridgehead atoms. The zero-order valence-corrected chi connectivity index (χ0v) is 15.2. The van der Waals surface area contributed by atoms with E-state index in [1.54, 1.807) is 48.8 Å². The summed E-state index contributed by atoms with van der Waals surface area (Å²) in [5.74, 6) is -0.350. The third-order valence-corrected chi connectivity index (χ3v) is 4.55. The molecular weight excluding hydrogens is 352 g/mol. The molecule has 1 amide bonds. The fraction of sp³-hybridized carbons (Fsp3) is 0.0909. The average molecular weight is 370 g/mol. The predicted molar refractivity (Wildman–Crippen MR) is 107 cm³/mol. The normalized spacial score (nSPS) is 11.9. The Bertz CT molecular complexity index is 1190. The molecule has 0 aliphatic carbocycles. The summed E-state index contributed by atoms with van der Waals surface area (Å²) in [7, 11) is 0. The Morgan fingerprint density at radius 1 is 0.964 bits per heavy atom. The molecule has 0 fully saturated rings. The number of rotatable bonds is 4. The molecule has 2 aromatic heterocycles. The van der Waals surface area contributed by atoms with Crippen molar-refractivity contribution >= 4 is 16.7 Å². The van der Waals surface area contributed by atoms with Crippen molar-refractivity contribution in [1.29, 1.82) is 0 Å². The number of hydrogen-bond acceptors (Lipinski definition) is 4. The van der Waals surface area contributed by atoms with Crippen LogP contribution in [0.3, 0.4) is 0 Å². The number of carbonyl (C=O) groups is 1. The number of aromatic nitrogens is 3. The Labute approximate surface area is 161 Å². The molecule has 4 rings (SSSR count). The summed E-state index contributed by atoms with van der Waals surface area (Å²) in [4.78, 5) is 30.0. The van der Waals surface area contributed by atoms with Crippen LogP contribution < -0.4 is 10.9 Å². The van der Waals surface area contributed by atoms with Crippen molar-refractivity contribution in [3.8, 4) is 5.69 Å². The standard InChI is InChI=1S/C22H18N4O2/c1-15(16-8-7-13-23-14-16)24-21(27)20-18-11-5-6-12-19(18)22(28)26(25-20)17-9-3-2-4-10-17/h2-15H,1H3,(H,24,27). The number of benzene rings is 2. The minimum absolute atomic E-state index is 0.204. The Morgan fingerprint density at radius 3 is 2.39 bits per heavy atom. The molecule has 28 heavy (non-hydrogen) atoms. The van der Waals surface area contributed by atoms with Crippen LogP contribution in [0, 0.1) is 0 Å². The van der Waals surface area contributed by atoms with E-state index in [9.17, 15) is 9.59 Å². The number of nitrogens with zero attached hydrogens (tertiary/aromatic N) is 3. The molecule has 0 aliphatic rings. The van der Waals surface area contributed by atoms with E-state index in [1.807, 2.05) is 37.3 Å². The highest BCUT2D eigenvalue weighted by Crippen LogP contribution is 2.17. The third-order valence-electron chi connectivity index (χ3n) is 4.55. The lowest BCUT2D eigenvalue weighted by molar-refractivity contribution is 0.0935. The van der Waals surface area contributed by atoms with Crippen molar-refractivity contribution in [2.45, 2.75) is 13.0 Å². The van der Waals surface area contributed by atoms with E-state index in [0.717, 1.165) is 5.56 Å². The van der Waals surface area contributed by atoms with Gasteiger partial charge in [-0.2, -0.15) is 9.78 Å². The summed E-state index contributed by atoms with van der Waals surface area (Å²) in [6, 6.07) is 19.5. The summed E-state index contributed by atoms with van der Waals surface area (Å²) in [6.07, 6.45) is 3.39. The Morgan fingerprint density at radius 2 is 1.68 bits per heavy atom. The van der Waals surface area contributed by atoms with Crippen LogP contribution in [0.1, 0.15) is 29.0 Å². The van der Waals surface area contributed by atoms with Gasteiger partial charge >= 0.3 is 0 Å². The van der Waals surface area contributed by atoms with E-state index in [4.69, 9.17) is 0 Å². The Balaban J connectivity index is 1.81. The molecule has 0 aliphatic heterocycles. The number of nitrogens with one attached hydrogen (secondary N) is 1. The minimum Gasteiger partial charge on any atom is -0.344 e. The molecule has 0 radical (unpaired) electrons. The third kappa shape index (κ3) is 3.27. The molecule has 6 heteroatoms. The van der Waals surface area contributed by atoms with Gasteiger partial charge in [0.25, 0.3) is 11.5 Å². The summed E-state index contributed by atoms with van der Waals surface area (Å²) >= 11 is 0. The first kappa shape index (κ1) is 17.6. The van der Waals surface area contributed by atoms with Crippen molar-refractivity contribution < 1.29 is 4.79 Å². The molecule has 138 valence electrons. The molecular formula is C22H18N4O2. The fourth-order valence-electron chi connectivity index (χ4n) is 3.08. The highest BCUT2D eigenvalue weighted by molar-refractivity contribution is 6.05. The molecule has 0 saturated heterocycles. The van der Waals surface area contributed by atoms with Gasteiger partial charge in [-0.1, -0.05) is 42.5 Å². The Hall–Kier alpha value is -3.80. The van der Waals surface area contributed by atoms with Gasteiger partial charge in [-0.15, -0.1) is 0 Å². The van der Waals surface area contributed by atoms with E-state index in [2.05, 4.69) is 15.4 Å². The summed E-state index contributed by atoms with van der Waals surface area (Å²) in [5.41, 5.74) is 1.43. The quantitative estimate of drug-likeness (QED) is 0.598. The molecule has 0 saturated carbocycles. The molecule has 0 spiro atoms. The van der Waals surface area contributed by atoms with Crippen LogP contribution in [0.25, 0.3) is 16.5 Å². The monoisotopic (exact) mass is 370 g/mol. The van der Waals surface area contributed by atoms with Gasteiger partial charge in [-0.25, -0.2) is 0 Å². The predicted octanol–water partition coefficient (Wildman–Crippen LogP) is 3.27. The van der Waals surface area contributed by atoms with Crippen LogP contribution >= 0.6 is 0 Å². The SMILES string of the molecule is CC(NC(=O)c1nn(-c2ccccc2)c(=O)c2ccccc12)c1cccnc1. The van der Waals surface area contributed by atoms with Crippen LogP contribution in [0.5, 0.6) is 0 Å². The van der Waals surface area contributed by atoms with Crippen molar-refractivity contribution in [3.05, 3.63) is 101 Å². The van der Waals surface area contributed by atoms with Gasteiger partial charge in [0.2, 0.25) is 0 Å². The highest BCUT2D eigenvalue weighted by atomic mass is 16.2. The zero-order chi connectivity index (χ0) is 19.5. The van der Waals surface area contributed by atoms with Crippen molar-refractivity contribution in [2.24, 2.45) is 0 Å². The van der Waals surface area contributed by atoms with Gasteiger partial charge in [0.1, 0.15) is 0 Å². The van der Waals surface area contributed by atoms with Crippen molar-refractivity contribution in [2.75, 3.05) is 0 Å². The second kappa shape index (κ2) is 7.44. The summed E-state index contributed by atoms with van der Waals surface area (Å²) < 4.78 is 1.27. The van der Waals surface area contributed by atoms with Crippen molar-refractivity contribution in [3.63, 3.8) is 0 Å². The number of carbonyl (C=O) groups excluding carboxylic acids is 1. The summed E-state index contributed by atoms with van der Waals surface area (Å²) in [5, 5.41) is 8.31. The van der Waals surface area contributed by atoms with E-state index in [1.165, 1.54) is 4.68 Å². The molecule has 2 aromatic carbocycles. The van der Waals surface area contributed by atoms with Crippen LogP contribution in [-0.2, 0) is 0 Å². The second-order valence-corrected chi connectivity index (χ2v) is 6.43. The molecule has 2 heterocycles. The van der Waals surface area contributed by atoms with Crippen LogP contribution in [0.4, 0.5) is 0 Å². The minimum atomic E-state index is -0.350. The van der Waals surface area contributed by atoms with Gasteiger partial charge in [0.05, 0.1) is 17.1 Å². The maximum Gasteiger partial charge on any atom is 0.279 e. The van der Waals surface area contributed by atoms with E-state index in [-0.39, 0.29) is 23.2 Å².